The molecule has 1 fully saturated rings. The van der Waals surface area contributed by atoms with Crippen molar-refractivity contribution < 1.29 is 5.11 Å². The average molecular weight is 294 g/mol. The van der Waals surface area contributed by atoms with Crippen LogP contribution in [0.2, 0.25) is 0 Å². The van der Waals surface area contributed by atoms with Crippen molar-refractivity contribution in [1.82, 2.24) is 19.6 Å². The van der Waals surface area contributed by atoms with Crippen LogP contribution < -0.4 is 0 Å². The molecule has 2 heterocycles. The largest absolute Gasteiger partial charge is 0.387 e. The Balaban J connectivity index is 1.99. The lowest BCUT2D eigenvalue weighted by Gasteiger charge is -2.40. The van der Waals surface area contributed by atoms with E-state index in [1.807, 2.05) is 11.7 Å². The van der Waals surface area contributed by atoms with Gasteiger partial charge < -0.3 is 10.0 Å². The van der Waals surface area contributed by atoms with Crippen molar-refractivity contribution in [3.8, 4) is 0 Å². The molecule has 1 aliphatic rings. The van der Waals surface area contributed by atoms with Crippen LogP contribution in [0.25, 0.3) is 0 Å². The van der Waals surface area contributed by atoms with Gasteiger partial charge in [0.05, 0.1) is 11.3 Å². The van der Waals surface area contributed by atoms with Crippen LogP contribution in [0.5, 0.6) is 0 Å². The molecule has 1 atom stereocenters. The third kappa shape index (κ3) is 3.84. The Labute approximate surface area is 128 Å². The highest BCUT2D eigenvalue weighted by atomic mass is 16.3. The van der Waals surface area contributed by atoms with E-state index in [-0.39, 0.29) is 0 Å². The van der Waals surface area contributed by atoms with Crippen LogP contribution in [0.15, 0.2) is 0 Å². The highest BCUT2D eigenvalue weighted by molar-refractivity contribution is 5.24. The van der Waals surface area contributed by atoms with E-state index in [9.17, 15) is 5.11 Å². The number of piperidine rings is 1. The summed E-state index contributed by atoms with van der Waals surface area (Å²) in [6.07, 6.45) is 1.99. The quantitative estimate of drug-likeness (QED) is 0.889. The minimum Gasteiger partial charge on any atom is -0.387 e. The van der Waals surface area contributed by atoms with Gasteiger partial charge in [-0.05, 0) is 46.8 Å². The van der Waals surface area contributed by atoms with Gasteiger partial charge in [0.1, 0.15) is 0 Å². The van der Waals surface area contributed by atoms with E-state index in [0.29, 0.717) is 0 Å². The number of aromatic nitrogens is 2. The third-order valence-corrected chi connectivity index (χ3v) is 4.73. The lowest BCUT2D eigenvalue weighted by molar-refractivity contribution is -0.0492. The average Bonchev–Trinajstić information content (AvgIpc) is 2.64. The topological polar surface area (TPSA) is 44.5 Å². The van der Waals surface area contributed by atoms with Crippen molar-refractivity contribution >= 4 is 0 Å². The molecule has 1 saturated heterocycles. The first-order chi connectivity index (χ1) is 9.84. The highest BCUT2D eigenvalue weighted by Gasteiger charge is 2.33. The Kier molecular flexibility index (Phi) is 5.07. The van der Waals surface area contributed by atoms with E-state index < -0.39 is 5.60 Å². The summed E-state index contributed by atoms with van der Waals surface area (Å²) in [5.41, 5.74) is 3.01. The van der Waals surface area contributed by atoms with E-state index in [1.54, 1.807) is 0 Å². The minimum absolute atomic E-state index is 0.576. The molecule has 1 aliphatic heterocycles. The minimum atomic E-state index is -0.576. The molecule has 0 amide bonds. The van der Waals surface area contributed by atoms with Gasteiger partial charge in [-0.25, -0.2) is 0 Å². The zero-order chi connectivity index (χ0) is 15.6. The van der Waals surface area contributed by atoms with Gasteiger partial charge in [-0.3, -0.25) is 9.58 Å². The fraction of sp³-hybridized carbons (Fsp3) is 0.812. The molecule has 0 aliphatic carbocycles. The second-order valence-electron chi connectivity index (χ2n) is 6.64. The van der Waals surface area contributed by atoms with Crippen LogP contribution in [-0.4, -0.2) is 63.5 Å². The smallest absolute Gasteiger partial charge is 0.0900 e. The van der Waals surface area contributed by atoms with Gasteiger partial charge in [0.15, 0.2) is 0 Å². The number of nitrogens with zero attached hydrogens (tertiary/aromatic N) is 4. The van der Waals surface area contributed by atoms with Gasteiger partial charge in [-0.2, -0.15) is 5.10 Å². The van der Waals surface area contributed by atoms with E-state index in [2.05, 4.69) is 42.7 Å². The number of rotatable bonds is 5. The van der Waals surface area contributed by atoms with Crippen molar-refractivity contribution in [2.45, 2.75) is 45.8 Å². The second kappa shape index (κ2) is 6.46. The van der Waals surface area contributed by atoms with Crippen LogP contribution in [-0.2, 0) is 13.6 Å². The van der Waals surface area contributed by atoms with E-state index in [0.717, 1.165) is 51.3 Å². The molecule has 120 valence electrons. The van der Waals surface area contributed by atoms with Crippen molar-refractivity contribution in [3.05, 3.63) is 17.0 Å². The number of aliphatic hydroxyl groups is 1. The zero-order valence-corrected chi connectivity index (χ0v) is 14.2. The van der Waals surface area contributed by atoms with Crippen LogP contribution >= 0.6 is 0 Å². The maximum absolute atomic E-state index is 10.9. The molecule has 0 radical (unpaired) electrons. The molecule has 1 aromatic heterocycles. The van der Waals surface area contributed by atoms with E-state index >= 15 is 0 Å². The fourth-order valence-electron chi connectivity index (χ4n) is 3.48. The first kappa shape index (κ1) is 16.5. The Hall–Kier alpha value is -0.910. The van der Waals surface area contributed by atoms with Crippen LogP contribution in [0.3, 0.4) is 0 Å². The Morgan fingerprint density at radius 3 is 2.67 bits per heavy atom. The molecular weight excluding hydrogens is 264 g/mol. The van der Waals surface area contributed by atoms with Gasteiger partial charge >= 0.3 is 0 Å². The molecule has 2 rings (SSSR count). The van der Waals surface area contributed by atoms with Crippen LogP contribution in [0.4, 0.5) is 0 Å². The highest BCUT2D eigenvalue weighted by Crippen LogP contribution is 2.23. The number of β-amino-alcohol motifs (C(OH)–C–C–N with tert-alkyl or cyclic N) is 1. The first-order valence-corrected chi connectivity index (χ1v) is 7.97. The predicted molar refractivity (Wildman–Crippen MR) is 85.3 cm³/mol. The van der Waals surface area contributed by atoms with Crippen molar-refractivity contribution in [2.24, 2.45) is 7.05 Å². The number of likely N-dealkylation sites (tertiary alicyclic amines) is 1. The molecule has 5 heteroatoms. The zero-order valence-electron chi connectivity index (χ0n) is 14.2. The van der Waals surface area contributed by atoms with Crippen molar-refractivity contribution in [2.75, 3.05) is 33.2 Å². The van der Waals surface area contributed by atoms with Gasteiger partial charge in [0.2, 0.25) is 0 Å². The molecule has 0 bridgehead atoms. The summed E-state index contributed by atoms with van der Waals surface area (Å²) in [6, 6.07) is 0. The predicted octanol–water partition coefficient (Wildman–Crippen LogP) is 1.32. The summed E-state index contributed by atoms with van der Waals surface area (Å²) >= 11 is 0. The summed E-state index contributed by atoms with van der Waals surface area (Å²) in [6.45, 7) is 10.8. The summed E-state index contributed by atoms with van der Waals surface area (Å²) in [5, 5.41) is 15.3. The number of likely N-dealkylation sites (N-methyl/N-ethyl adjacent to an activating group) is 2. The maximum Gasteiger partial charge on any atom is 0.0900 e. The second-order valence-corrected chi connectivity index (χ2v) is 6.64. The van der Waals surface area contributed by atoms with Gasteiger partial charge in [-0.15, -0.1) is 0 Å². The number of hydrogen-bond donors (Lipinski definition) is 1. The Morgan fingerprint density at radius 1 is 1.38 bits per heavy atom. The standard InChI is InChI=1S/C16H30N4O/c1-6-20-9-7-8-16(21,12-20)11-18(4)10-15-13(2)17-19(5)14(15)3/h21H,6-12H2,1-5H3/t16-/m0/s1. The van der Waals surface area contributed by atoms with E-state index in [4.69, 9.17) is 0 Å². The molecule has 0 saturated carbocycles. The molecule has 1 aromatic rings. The SMILES string of the molecule is CCN1CCC[C@](O)(CN(C)Cc2c(C)nn(C)c2C)C1. The van der Waals surface area contributed by atoms with Crippen LogP contribution in [0, 0.1) is 13.8 Å². The molecular formula is C16H30N4O. The Morgan fingerprint density at radius 2 is 2.10 bits per heavy atom. The molecule has 0 aromatic carbocycles. The summed E-state index contributed by atoms with van der Waals surface area (Å²) < 4.78 is 1.94. The molecule has 5 nitrogen and oxygen atoms in total. The lowest BCUT2D eigenvalue weighted by atomic mass is 9.92. The van der Waals surface area contributed by atoms with Crippen molar-refractivity contribution in [1.29, 1.82) is 0 Å². The third-order valence-electron chi connectivity index (χ3n) is 4.73. The summed E-state index contributed by atoms with van der Waals surface area (Å²) in [5.74, 6) is 0. The monoisotopic (exact) mass is 294 g/mol. The van der Waals surface area contributed by atoms with Gasteiger partial charge in [0, 0.05) is 37.9 Å². The summed E-state index contributed by atoms with van der Waals surface area (Å²) in [4.78, 5) is 4.58. The maximum atomic E-state index is 10.9. The molecule has 1 N–H and O–H groups in total. The fourth-order valence-corrected chi connectivity index (χ4v) is 3.48. The van der Waals surface area contributed by atoms with Crippen LogP contribution in [0.1, 0.15) is 36.7 Å². The van der Waals surface area contributed by atoms with Gasteiger partial charge in [-0.1, -0.05) is 6.92 Å². The lowest BCUT2D eigenvalue weighted by Crippen LogP contribution is -2.53. The van der Waals surface area contributed by atoms with E-state index in [1.165, 1.54) is 11.3 Å². The normalized spacial score (nSPS) is 24.0. The molecule has 0 unspecified atom stereocenters. The summed E-state index contributed by atoms with van der Waals surface area (Å²) in [7, 11) is 4.08. The number of hydrogen-bond acceptors (Lipinski definition) is 4. The number of aryl methyl sites for hydroxylation is 2. The first-order valence-electron chi connectivity index (χ1n) is 7.97. The van der Waals surface area contributed by atoms with Crippen molar-refractivity contribution in [3.63, 3.8) is 0 Å². The molecule has 21 heavy (non-hydrogen) atoms. The molecule has 0 spiro atoms. The Bertz CT molecular complexity index is 485. The van der Waals surface area contributed by atoms with Gasteiger partial charge in [0.25, 0.3) is 0 Å².